The van der Waals surface area contributed by atoms with Gasteiger partial charge in [-0.1, -0.05) is 13.8 Å². The van der Waals surface area contributed by atoms with Gasteiger partial charge >= 0.3 is 0 Å². The van der Waals surface area contributed by atoms with E-state index >= 15 is 0 Å². The lowest BCUT2D eigenvalue weighted by Gasteiger charge is -2.35. The Morgan fingerprint density at radius 1 is 1.29 bits per heavy atom. The normalized spacial score (nSPS) is 19.1. The molecule has 1 aliphatic heterocycles. The van der Waals surface area contributed by atoms with Crippen LogP contribution in [-0.4, -0.2) is 41.1 Å². The van der Waals surface area contributed by atoms with Crippen LogP contribution in [0.3, 0.4) is 0 Å². The van der Waals surface area contributed by atoms with Crippen molar-refractivity contribution < 1.29 is 13.2 Å². The van der Waals surface area contributed by atoms with E-state index in [4.69, 9.17) is 9.84 Å². The minimum Gasteiger partial charge on any atom is -0.379 e. The van der Waals surface area contributed by atoms with Crippen LogP contribution < -0.4 is 10.9 Å². The van der Waals surface area contributed by atoms with Crippen molar-refractivity contribution in [1.29, 1.82) is 5.26 Å². The van der Waals surface area contributed by atoms with Crippen LogP contribution in [-0.2, 0) is 20.1 Å². The zero-order valence-corrected chi connectivity index (χ0v) is 21.3. The number of aromatic amines is 1. The van der Waals surface area contributed by atoms with Crippen molar-refractivity contribution in [2.75, 3.05) is 18.5 Å². The zero-order valence-electron chi connectivity index (χ0n) is 20.5. The molecule has 1 aliphatic rings. The predicted molar refractivity (Wildman–Crippen MR) is 134 cm³/mol. The average Bonchev–Trinajstić information content (AvgIpc) is 3.20. The van der Waals surface area contributed by atoms with Crippen LogP contribution in [0, 0.1) is 17.2 Å². The highest BCUT2D eigenvalue weighted by Crippen LogP contribution is 2.36. The van der Waals surface area contributed by atoms with E-state index in [1.165, 1.54) is 0 Å². The molecule has 9 nitrogen and oxygen atoms in total. The van der Waals surface area contributed by atoms with Gasteiger partial charge in [0.05, 0.1) is 39.8 Å². The molecule has 0 unspecified atom stereocenters. The molecule has 0 bridgehead atoms. The van der Waals surface area contributed by atoms with Gasteiger partial charge < -0.3 is 15.0 Å². The van der Waals surface area contributed by atoms with E-state index in [2.05, 4.69) is 16.4 Å². The maximum atomic E-state index is 13.1. The standard InChI is InChI=1S/C25H31N5O4S/c1-17(2)24(3,4)35(32,33)19-8-6-18(7-9-19)28-22-21-20(10-14-27-23(21)31)30(29-22)25(12-13-26)11-5-15-34-16-25/h6-10,14,17H,5,11-12,15-16H2,1-4H3,(H,27,31)(H,28,29)/t25-/m0/s1. The second-order valence-corrected chi connectivity index (χ2v) is 12.5. The van der Waals surface area contributed by atoms with Gasteiger partial charge in [-0.3, -0.25) is 9.48 Å². The zero-order chi connectivity index (χ0) is 25.4. The largest absolute Gasteiger partial charge is 0.379 e. The van der Waals surface area contributed by atoms with Gasteiger partial charge in [-0.25, -0.2) is 8.42 Å². The lowest BCUT2D eigenvalue weighted by Crippen LogP contribution is -2.42. The Morgan fingerprint density at radius 3 is 2.60 bits per heavy atom. The summed E-state index contributed by atoms with van der Waals surface area (Å²) in [5, 5.41) is 17.8. The van der Waals surface area contributed by atoms with Gasteiger partial charge in [0, 0.05) is 18.5 Å². The number of nitriles is 1. The average molecular weight is 498 g/mol. The molecule has 2 aromatic heterocycles. The Balaban J connectivity index is 1.74. The first kappa shape index (κ1) is 24.9. The number of sulfone groups is 1. The number of nitrogens with one attached hydrogen (secondary N) is 2. The molecule has 0 radical (unpaired) electrons. The lowest BCUT2D eigenvalue weighted by atomic mass is 9.89. The molecular formula is C25H31N5O4S. The molecule has 186 valence electrons. The Labute approximate surface area is 205 Å². The summed E-state index contributed by atoms with van der Waals surface area (Å²) in [7, 11) is -3.54. The maximum absolute atomic E-state index is 13.1. The van der Waals surface area contributed by atoms with E-state index < -0.39 is 20.1 Å². The minimum atomic E-state index is -3.54. The summed E-state index contributed by atoms with van der Waals surface area (Å²) in [6, 6.07) is 10.5. The molecule has 1 aromatic carbocycles. The van der Waals surface area contributed by atoms with Gasteiger partial charge in [-0.15, -0.1) is 0 Å². The number of rotatable bonds is 7. The van der Waals surface area contributed by atoms with E-state index in [-0.39, 0.29) is 22.8 Å². The Kier molecular flexibility index (Phi) is 6.51. The smallest absolute Gasteiger partial charge is 0.261 e. The molecule has 4 rings (SSSR count). The van der Waals surface area contributed by atoms with Crippen molar-refractivity contribution in [3.63, 3.8) is 0 Å². The van der Waals surface area contributed by atoms with Crippen molar-refractivity contribution >= 4 is 32.2 Å². The van der Waals surface area contributed by atoms with Crippen molar-refractivity contribution in [2.45, 2.75) is 62.1 Å². The molecule has 1 saturated heterocycles. The quantitative estimate of drug-likeness (QED) is 0.503. The second-order valence-electron chi connectivity index (χ2n) is 9.95. The number of hydrogen-bond donors (Lipinski definition) is 2. The first-order valence-corrected chi connectivity index (χ1v) is 13.2. The Hall–Kier alpha value is -3.16. The molecular weight excluding hydrogens is 466 g/mol. The van der Waals surface area contributed by atoms with Gasteiger partial charge in [-0.2, -0.15) is 10.4 Å². The van der Waals surface area contributed by atoms with Crippen molar-refractivity contribution in [1.82, 2.24) is 14.8 Å². The number of fused-ring (bicyclic) bond motifs is 1. The monoisotopic (exact) mass is 497 g/mol. The molecule has 1 atom stereocenters. The van der Waals surface area contributed by atoms with E-state index in [0.717, 1.165) is 6.42 Å². The highest BCUT2D eigenvalue weighted by Gasteiger charge is 2.39. The number of H-pyrrole nitrogens is 1. The number of hydrogen-bond acceptors (Lipinski definition) is 7. The number of pyridine rings is 1. The van der Waals surface area contributed by atoms with Gasteiger partial charge in [-0.05, 0) is 62.9 Å². The van der Waals surface area contributed by atoms with Crippen LogP contribution in [0.25, 0.3) is 10.9 Å². The molecule has 35 heavy (non-hydrogen) atoms. The molecule has 0 saturated carbocycles. The molecule has 0 amide bonds. The van der Waals surface area contributed by atoms with Crippen LogP contribution in [0.2, 0.25) is 0 Å². The summed E-state index contributed by atoms with van der Waals surface area (Å²) < 4.78 is 32.8. The highest BCUT2D eigenvalue weighted by atomic mass is 32.2. The molecule has 2 N–H and O–H groups in total. The van der Waals surface area contributed by atoms with Gasteiger partial charge in [0.2, 0.25) is 0 Å². The van der Waals surface area contributed by atoms with Gasteiger partial charge in [0.1, 0.15) is 5.39 Å². The second kappa shape index (κ2) is 9.13. The maximum Gasteiger partial charge on any atom is 0.261 e. The summed E-state index contributed by atoms with van der Waals surface area (Å²) >= 11 is 0. The summed E-state index contributed by atoms with van der Waals surface area (Å²) in [5.41, 5.74) is 0.225. The fourth-order valence-electron chi connectivity index (χ4n) is 4.36. The molecule has 0 spiro atoms. The number of ether oxygens (including phenoxy) is 1. The minimum absolute atomic E-state index is 0.0585. The summed E-state index contributed by atoms with van der Waals surface area (Å²) in [5.74, 6) is 0.278. The van der Waals surface area contributed by atoms with Crippen molar-refractivity contribution in [3.05, 3.63) is 46.9 Å². The number of nitrogens with zero attached hydrogens (tertiary/aromatic N) is 3. The van der Waals surface area contributed by atoms with Crippen LogP contribution in [0.15, 0.2) is 46.2 Å². The van der Waals surface area contributed by atoms with E-state index in [0.29, 0.717) is 42.0 Å². The SMILES string of the molecule is CC(C)C(C)(C)S(=O)(=O)c1ccc(Nc2nn([C@]3(CC#N)CCCOC3)c3cc[nH]c(=O)c23)cc1. The Morgan fingerprint density at radius 2 is 2.00 bits per heavy atom. The van der Waals surface area contributed by atoms with Crippen LogP contribution in [0.5, 0.6) is 0 Å². The number of aromatic nitrogens is 3. The molecule has 10 heteroatoms. The van der Waals surface area contributed by atoms with Crippen LogP contribution in [0.4, 0.5) is 11.5 Å². The third kappa shape index (κ3) is 4.23. The lowest BCUT2D eigenvalue weighted by molar-refractivity contribution is -0.00174. The van der Waals surface area contributed by atoms with E-state index in [1.54, 1.807) is 55.1 Å². The molecule has 1 fully saturated rings. The highest BCUT2D eigenvalue weighted by molar-refractivity contribution is 7.92. The van der Waals surface area contributed by atoms with E-state index in [9.17, 15) is 18.5 Å². The summed E-state index contributed by atoms with van der Waals surface area (Å²) in [6.07, 6.45) is 3.26. The third-order valence-corrected chi connectivity index (χ3v) is 10.0. The van der Waals surface area contributed by atoms with Gasteiger partial charge in [0.25, 0.3) is 5.56 Å². The molecule has 0 aliphatic carbocycles. The van der Waals surface area contributed by atoms with Crippen LogP contribution >= 0.6 is 0 Å². The predicted octanol–water partition coefficient (Wildman–Crippen LogP) is 4.10. The first-order valence-electron chi connectivity index (χ1n) is 11.7. The number of anilines is 2. The van der Waals surface area contributed by atoms with Crippen molar-refractivity contribution in [2.24, 2.45) is 5.92 Å². The third-order valence-electron chi connectivity index (χ3n) is 7.27. The van der Waals surface area contributed by atoms with Crippen molar-refractivity contribution in [3.8, 4) is 6.07 Å². The van der Waals surface area contributed by atoms with E-state index in [1.807, 2.05) is 13.8 Å². The van der Waals surface area contributed by atoms with Crippen LogP contribution in [0.1, 0.15) is 47.0 Å². The molecule has 3 aromatic rings. The molecule has 3 heterocycles. The van der Waals surface area contributed by atoms with Gasteiger partial charge in [0.15, 0.2) is 15.7 Å². The fourth-order valence-corrected chi connectivity index (χ4v) is 6.08. The number of benzene rings is 1. The summed E-state index contributed by atoms with van der Waals surface area (Å²) in [6.45, 7) is 8.21. The summed E-state index contributed by atoms with van der Waals surface area (Å²) in [4.78, 5) is 15.7. The topological polar surface area (TPSA) is 130 Å². The fraction of sp³-hybridized carbons (Fsp3) is 0.480. The first-order chi connectivity index (χ1) is 16.5. The Bertz CT molecular complexity index is 1420.